The normalized spacial score (nSPS) is 6.75. The second kappa shape index (κ2) is 4.54. The Labute approximate surface area is 54.2 Å². The monoisotopic (exact) mass is 129 g/mol. The van der Waals surface area contributed by atoms with Crippen LogP contribution in [0.4, 0.5) is 0 Å². The molecule has 0 aromatic rings. The van der Waals surface area contributed by atoms with Crippen LogP contribution in [-0.2, 0) is 4.79 Å². The Hall–Kier alpha value is -0.620. The van der Waals surface area contributed by atoms with Gasteiger partial charge in [0.15, 0.2) is 0 Å². The van der Waals surface area contributed by atoms with E-state index in [0.717, 1.165) is 0 Å². The summed E-state index contributed by atoms with van der Waals surface area (Å²) in [7, 11) is 0. The highest BCUT2D eigenvalue weighted by Gasteiger charge is 1.83. The van der Waals surface area contributed by atoms with Gasteiger partial charge < -0.3 is 0 Å². The fraction of sp³-hybridized carbons (Fsp3) is 0.400. The first-order valence-electron chi connectivity index (χ1n) is 2.24. The molecule has 0 rings (SSSR count). The summed E-state index contributed by atoms with van der Waals surface area (Å²) in [5.74, 6) is 4.54. The van der Waals surface area contributed by atoms with Gasteiger partial charge in [-0.1, -0.05) is 25.7 Å². The van der Waals surface area contributed by atoms with Crippen LogP contribution in [0.3, 0.4) is 0 Å². The van der Waals surface area contributed by atoms with Crippen LogP contribution in [0.5, 0.6) is 0 Å². The molecule has 0 unspecified atom stereocenters. The van der Waals surface area contributed by atoms with E-state index in [1.54, 1.807) is 0 Å². The predicted octanol–water partition coefficient (Wildman–Crippen LogP) is 0.361. The van der Waals surface area contributed by atoms with Crippen molar-refractivity contribution in [2.75, 3.05) is 0 Å². The van der Waals surface area contributed by atoms with Gasteiger partial charge in [0.25, 0.3) is 0 Å². The van der Waals surface area contributed by atoms with Gasteiger partial charge >= 0.3 is 5.91 Å². The van der Waals surface area contributed by atoms with Gasteiger partial charge in [-0.25, -0.2) is 0 Å². The first-order valence-corrected chi connectivity index (χ1v) is 2.69. The van der Waals surface area contributed by atoms with Crippen LogP contribution < -0.4 is 4.72 Å². The standard InChI is InChI=1S/C5H7NOS/c1-2-3-4-5(7)6-8/h8H,2H2,1H3,(H,6,7). The smallest absolute Gasteiger partial charge is 0.292 e. The van der Waals surface area contributed by atoms with Crippen LogP contribution in [0.1, 0.15) is 13.3 Å². The minimum atomic E-state index is -0.352. The third-order valence-electron chi connectivity index (χ3n) is 0.480. The number of carbonyl (C=O) groups excluding carboxylic acids is 1. The lowest BCUT2D eigenvalue weighted by Crippen LogP contribution is -2.08. The van der Waals surface area contributed by atoms with E-state index in [9.17, 15) is 4.79 Å². The molecule has 8 heavy (non-hydrogen) atoms. The molecule has 44 valence electrons. The average Bonchev–Trinajstić information content (AvgIpc) is 1.83. The van der Waals surface area contributed by atoms with Crippen molar-refractivity contribution in [1.82, 2.24) is 4.72 Å². The van der Waals surface area contributed by atoms with E-state index >= 15 is 0 Å². The summed E-state index contributed by atoms with van der Waals surface area (Å²) in [5.41, 5.74) is 0. The quantitative estimate of drug-likeness (QED) is 0.359. The maximum absolute atomic E-state index is 10.2. The van der Waals surface area contributed by atoms with E-state index < -0.39 is 0 Å². The van der Waals surface area contributed by atoms with Gasteiger partial charge in [-0.3, -0.25) is 9.52 Å². The number of thiol groups is 1. The average molecular weight is 129 g/mol. The third kappa shape index (κ3) is 3.57. The maximum atomic E-state index is 10.2. The van der Waals surface area contributed by atoms with Gasteiger partial charge in [-0.2, -0.15) is 0 Å². The molecule has 0 fully saturated rings. The Morgan fingerprint density at radius 3 is 2.88 bits per heavy atom. The minimum Gasteiger partial charge on any atom is -0.292 e. The molecule has 2 nitrogen and oxygen atoms in total. The van der Waals surface area contributed by atoms with Gasteiger partial charge in [0, 0.05) is 6.42 Å². The second-order valence-corrected chi connectivity index (χ2v) is 1.32. The first-order chi connectivity index (χ1) is 3.81. The van der Waals surface area contributed by atoms with Crippen molar-refractivity contribution in [2.45, 2.75) is 13.3 Å². The molecule has 0 aromatic heterocycles. The molecule has 0 radical (unpaired) electrons. The molecule has 0 aliphatic heterocycles. The summed E-state index contributed by atoms with van der Waals surface area (Å²) < 4.78 is 2.08. The third-order valence-corrected chi connectivity index (χ3v) is 0.683. The van der Waals surface area contributed by atoms with E-state index in [4.69, 9.17) is 0 Å². The van der Waals surface area contributed by atoms with Crippen molar-refractivity contribution in [3.8, 4) is 11.8 Å². The van der Waals surface area contributed by atoms with Crippen molar-refractivity contribution in [1.29, 1.82) is 0 Å². The van der Waals surface area contributed by atoms with Crippen molar-refractivity contribution < 1.29 is 4.79 Å². The fourth-order valence-corrected chi connectivity index (χ4v) is 0.253. The van der Waals surface area contributed by atoms with Gasteiger partial charge in [0.1, 0.15) is 0 Å². The zero-order chi connectivity index (χ0) is 6.41. The Balaban J connectivity index is 3.52. The SMILES string of the molecule is CCC#CC(=O)NS. The topological polar surface area (TPSA) is 29.1 Å². The molecule has 0 aliphatic rings. The van der Waals surface area contributed by atoms with E-state index in [0.29, 0.717) is 6.42 Å². The maximum Gasteiger partial charge on any atom is 0.305 e. The van der Waals surface area contributed by atoms with Crippen LogP contribution in [0.25, 0.3) is 0 Å². The van der Waals surface area contributed by atoms with Crippen LogP contribution in [0, 0.1) is 11.8 Å². The van der Waals surface area contributed by atoms with E-state index in [2.05, 4.69) is 29.4 Å². The van der Waals surface area contributed by atoms with Gasteiger partial charge in [0.05, 0.1) is 0 Å². The zero-order valence-electron chi connectivity index (χ0n) is 4.56. The number of nitrogens with one attached hydrogen (secondary N) is 1. The summed E-state index contributed by atoms with van der Waals surface area (Å²) in [5, 5.41) is 0. The Morgan fingerprint density at radius 2 is 2.50 bits per heavy atom. The van der Waals surface area contributed by atoms with E-state index in [1.165, 1.54) is 0 Å². The van der Waals surface area contributed by atoms with Crippen molar-refractivity contribution >= 4 is 18.7 Å². The van der Waals surface area contributed by atoms with Gasteiger partial charge in [-0.15, -0.1) is 0 Å². The number of rotatable bonds is 0. The van der Waals surface area contributed by atoms with Gasteiger partial charge in [0.2, 0.25) is 0 Å². The van der Waals surface area contributed by atoms with Crippen LogP contribution >= 0.6 is 12.8 Å². The highest BCUT2D eigenvalue weighted by atomic mass is 32.1. The molecule has 0 aliphatic carbocycles. The lowest BCUT2D eigenvalue weighted by molar-refractivity contribution is -0.113. The molecular weight excluding hydrogens is 122 g/mol. The van der Waals surface area contributed by atoms with Crippen LogP contribution in [0.15, 0.2) is 0 Å². The highest BCUT2D eigenvalue weighted by Crippen LogP contribution is 1.68. The molecule has 1 amide bonds. The Morgan fingerprint density at radius 1 is 1.88 bits per heavy atom. The van der Waals surface area contributed by atoms with Gasteiger partial charge in [-0.05, 0) is 5.92 Å². The molecule has 1 N–H and O–H groups in total. The molecule has 0 heterocycles. The number of hydrogen-bond donors (Lipinski definition) is 2. The lowest BCUT2D eigenvalue weighted by Gasteiger charge is -1.80. The van der Waals surface area contributed by atoms with E-state index in [-0.39, 0.29) is 5.91 Å². The molecule has 0 bridgehead atoms. The molecular formula is C5H7NOS. The summed E-state index contributed by atoms with van der Waals surface area (Å²) in [6.07, 6.45) is 0.696. The summed E-state index contributed by atoms with van der Waals surface area (Å²) in [6.45, 7) is 1.87. The molecule has 0 saturated carbocycles. The predicted molar refractivity (Wildman–Crippen MR) is 35.2 cm³/mol. The first kappa shape index (κ1) is 7.38. The summed E-state index contributed by atoms with van der Waals surface area (Å²) in [4.78, 5) is 10.2. The summed E-state index contributed by atoms with van der Waals surface area (Å²) in [6, 6.07) is 0. The van der Waals surface area contributed by atoms with Crippen molar-refractivity contribution in [3.05, 3.63) is 0 Å². The van der Waals surface area contributed by atoms with Crippen LogP contribution in [0.2, 0.25) is 0 Å². The second-order valence-electron chi connectivity index (χ2n) is 1.10. The molecule has 3 heteroatoms. The highest BCUT2D eigenvalue weighted by molar-refractivity contribution is 7.78. The lowest BCUT2D eigenvalue weighted by atomic mass is 10.5. The Kier molecular flexibility index (Phi) is 4.19. The van der Waals surface area contributed by atoms with Crippen LogP contribution in [-0.4, -0.2) is 5.91 Å². The van der Waals surface area contributed by atoms with Crippen molar-refractivity contribution in [3.63, 3.8) is 0 Å². The van der Waals surface area contributed by atoms with Crippen molar-refractivity contribution in [2.24, 2.45) is 0 Å². The number of carbonyl (C=O) groups is 1. The molecule has 0 saturated heterocycles. The largest absolute Gasteiger partial charge is 0.305 e. The molecule has 0 spiro atoms. The number of hydrogen-bond acceptors (Lipinski definition) is 2. The molecule has 0 atom stereocenters. The number of amides is 1. The zero-order valence-corrected chi connectivity index (χ0v) is 5.46. The minimum absolute atomic E-state index is 0.352. The van der Waals surface area contributed by atoms with E-state index in [1.807, 2.05) is 6.92 Å². The molecule has 0 aromatic carbocycles. The fourth-order valence-electron chi connectivity index (χ4n) is 0.197. The Bertz CT molecular complexity index is 133. The summed E-state index contributed by atoms with van der Waals surface area (Å²) >= 11 is 3.49.